The number of pyridine rings is 1. The summed E-state index contributed by atoms with van der Waals surface area (Å²) in [5.74, 6) is 0.537. The second-order valence-electron chi connectivity index (χ2n) is 7.74. The van der Waals surface area contributed by atoms with Crippen LogP contribution in [0.25, 0.3) is 11.2 Å². The van der Waals surface area contributed by atoms with Gasteiger partial charge in [0.15, 0.2) is 5.65 Å². The number of nitrogens with one attached hydrogen (secondary N) is 2. The van der Waals surface area contributed by atoms with Crippen molar-refractivity contribution >= 4 is 46.0 Å². The summed E-state index contributed by atoms with van der Waals surface area (Å²) in [4.78, 5) is 20.1. The van der Waals surface area contributed by atoms with E-state index in [-0.39, 0.29) is 16.8 Å². The molecule has 0 aliphatic carbocycles. The lowest BCUT2D eigenvalue weighted by Gasteiger charge is -2.33. The zero-order valence-corrected chi connectivity index (χ0v) is 18.2. The van der Waals surface area contributed by atoms with Gasteiger partial charge in [-0.2, -0.15) is 4.98 Å². The van der Waals surface area contributed by atoms with Gasteiger partial charge in [-0.15, -0.1) is 0 Å². The Labute approximate surface area is 189 Å². The van der Waals surface area contributed by atoms with E-state index in [1.807, 2.05) is 19.3 Å². The number of halogens is 2. The van der Waals surface area contributed by atoms with E-state index in [0.29, 0.717) is 23.1 Å². The highest BCUT2D eigenvalue weighted by atomic mass is 35.5. The standard InChI is InChI=1S/C22H22ClFN8/c1-31-20-18(28-22(31)29-19-16(23)5-2-6-17(19)24)13-26-21(30-20)27-14-7-10-32(11-8-14)15-4-3-9-25-12-15/h2-6,9,12-14H,7-8,10-11H2,1H3,(H,28,29)(H,26,27,30). The van der Waals surface area contributed by atoms with Gasteiger partial charge in [-0.25, -0.2) is 14.4 Å². The monoisotopic (exact) mass is 452 g/mol. The van der Waals surface area contributed by atoms with Crippen molar-refractivity contribution in [3.63, 3.8) is 0 Å². The van der Waals surface area contributed by atoms with Crippen LogP contribution in [0.4, 0.5) is 27.7 Å². The zero-order chi connectivity index (χ0) is 22.1. The maximum absolute atomic E-state index is 14.2. The number of hydrogen-bond acceptors (Lipinski definition) is 7. The van der Waals surface area contributed by atoms with Crippen LogP contribution in [0.5, 0.6) is 0 Å². The van der Waals surface area contributed by atoms with Crippen LogP contribution in [0.1, 0.15) is 12.8 Å². The summed E-state index contributed by atoms with van der Waals surface area (Å²) in [6, 6.07) is 8.85. The second kappa shape index (κ2) is 8.58. The molecule has 5 rings (SSSR count). The summed E-state index contributed by atoms with van der Waals surface area (Å²) in [6.07, 6.45) is 7.30. The first-order valence-corrected chi connectivity index (χ1v) is 10.8. The van der Waals surface area contributed by atoms with Crippen molar-refractivity contribution in [1.82, 2.24) is 24.5 Å². The molecular formula is C22H22ClFN8. The van der Waals surface area contributed by atoms with Crippen LogP contribution in [0.15, 0.2) is 48.9 Å². The summed E-state index contributed by atoms with van der Waals surface area (Å²) < 4.78 is 15.9. The molecule has 164 valence electrons. The highest BCUT2D eigenvalue weighted by Gasteiger charge is 2.21. The molecule has 0 amide bonds. The van der Waals surface area contributed by atoms with Gasteiger partial charge in [0.25, 0.3) is 0 Å². The lowest BCUT2D eigenvalue weighted by molar-refractivity contribution is 0.524. The lowest BCUT2D eigenvalue weighted by Crippen LogP contribution is -2.39. The maximum Gasteiger partial charge on any atom is 0.224 e. The van der Waals surface area contributed by atoms with Gasteiger partial charge in [-0.3, -0.25) is 9.55 Å². The van der Waals surface area contributed by atoms with Gasteiger partial charge in [0.2, 0.25) is 11.9 Å². The largest absolute Gasteiger partial charge is 0.370 e. The highest BCUT2D eigenvalue weighted by molar-refractivity contribution is 6.33. The van der Waals surface area contributed by atoms with Crippen LogP contribution < -0.4 is 15.5 Å². The zero-order valence-electron chi connectivity index (χ0n) is 17.5. The maximum atomic E-state index is 14.2. The van der Waals surface area contributed by atoms with Crippen LogP contribution in [0.3, 0.4) is 0 Å². The topological polar surface area (TPSA) is 83.8 Å². The molecular weight excluding hydrogens is 431 g/mol. The Hall–Kier alpha value is -3.46. The Morgan fingerprint density at radius 2 is 1.94 bits per heavy atom. The molecule has 1 saturated heterocycles. The summed E-state index contributed by atoms with van der Waals surface area (Å²) >= 11 is 6.13. The number of nitrogens with zero attached hydrogens (tertiary/aromatic N) is 6. The first kappa shape index (κ1) is 20.4. The number of para-hydroxylation sites is 1. The van der Waals surface area contributed by atoms with E-state index in [1.165, 1.54) is 6.07 Å². The number of benzene rings is 1. The third kappa shape index (κ3) is 4.03. The number of aromatic nitrogens is 5. The number of aryl methyl sites for hydroxylation is 1. The molecule has 0 unspecified atom stereocenters. The average molecular weight is 453 g/mol. The lowest BCUT2D eigenvalue weighted by atomic mass is 10.0. The molecule has 3 aromatic heterocycles. The van der Waals surface area contributed by atoms with Gasteiger partial charge in [-0.05, 0) is 37.1 Å². The van der Waals surface area contributed by atoms with E-state index < -0.39 is 5.82 Å². The Kier molecular flexibility index (Phi) is 5.48. The molecule has 0 saturated carbocycles. The third-order valence-corrected chi connectivity index (χ3v) is 5.97. The first-order chi connectivity index (χ1) is 15.6. The van der Waals surface area contributed by atoms with Gasteiger partial charge in [-0.1, -0.05) is 17.7 Å². The van der Waals surface area contributed by atoms with Crippen molar-refractivity contribution in [2.45, 2.75) is 18.9 Å². The highest BCUT2D eigenvalue weighted by Crippen LogP contribution is 2.29. The minimum Gasteiger partial charge on any atom is -0.370 e. The molecule has 1 fully saturated rings. The van der Waals surface area contributed by atoms with E-state index in [1.54, 1.807) is 29.1 Å². The number of piperidine rings is 1. The van der Waals surface area contributed by atoms with Crippen molar-refractivity contribution in [3.05, 3.63) is 59.8 Å². The van der Waals surface area contributed by atoms with Gasteiger partial charge < -0.3 is 15.5 Å². The minimum absolute atomic E-state index is 0.180. The first-order valence-electron chi connectivity index (χ1n) is 10.4. The van der Waals surface area contributed by atoms with E-state index in [0.717, 1.165) is 31.6 Å². The average Bonchev–Trinajstić information content (AvgIpc) is 3.12. The molecule has 1 aromatic carbocycles. The van der Waals surface area contributed by atoms with Gasteiger partial charge >= 0.3 is 0 Å². The van der Waals surface area contributed by atoms with Crippen molar-refractivity contribution < 1.29 is 4.39 Å². The van der Waals surface area contributed by atoms with E-state index in [4.69, 9.17) is 11.6 Å². The second-order valence-corrected chi connectivity index (χ2v) is 8.14. The van der Waals surface area contributed by atoms with Gasteiger partial charge in [0.05, 0.1) is 28.8 Å². The molecule has 4 heterocycles. The molecule has 1 aliphatic heterocycles. The summed E-state index contributed by atoms with van der Waals surface area (Å²) in [5, 5.41) is 6.69. The number of imidazole rings is 1. The van der Waals surface area contributed by atoms with Gasteiger partial charge in [0.1, 0.15) is 11.3 Å². The third-order valence-electron chi connectivity index (χ3n) is 5.65. The SMILES string of the molecule is Cn1c(Nc2c(F)cccc2Cl)nc2cnc(NC3CCN(c4cccnc4)CC3)nc21. The summed E-state index contributed by atoms with van der Waals surface area (Å²) in [7, 11) is 1.82. The van der Waals surface area contributed by atoms with Crippen LogP contribution in [-0.4, -0.2) is 43.6 Å². The van der Waals surface area contributed by atoms with Crippen LogP contribution in [0.2, 0.25) is 5.02 Å². The number of rotatable bonds is 5. The fraction of sp³-hybridized carbons (Fsp3) is 0.273. The molecule has 0 bridgehead atoms. The van der Waals surface area contributed by atoms with E-state index in [9.17, 15) is 4.39 Å². The molecule has 0 radical (unpaired) electrons. The number of fused-ring (bicyclic) bond motifs is 1. The van der Waals surface area contributed by atoms with Crippen molar-refractivity contribution in [2.24, 2.45) is 7.05 Å². The van der Waals surface area contributed by atoms with Crippen LogP contribution >= 0.6 is 11.6 Å². The van der Waals surface area contributed by atoms with Crippen LogP contribution in [-0.2, 0) is 7.05 Å². The molecule has 10 heteroatoms. The Bertz CT molecular complexity index is 1220. The van der Waals surface area contributed by atoms with Crippen molar-refractivity contribution in [2.75, 3.05) is 28.6 Å². The van der Waals surface area contributed by atoms with Crippen molar-refractivity contribution in [3.8, 4) is 0 Å². The summed E-state index contributed by atoms with van der Waals surface area (Å²) in [5.41, 5.74) is 2.58. The molecule has 32 heavy (non-hydrogen) atoms. The van der Waals surface area contributed by atoms with Crippen molar-refractivity contribution in [1.29, 1.82) is 0 Å². The molecule has 0 spiro atoms. The Morgan fingerprint density at radius 1 is 1.09 bits per heavy atom. The van der Waals surface area contributed by atoms with E-state index in [2.05, 4.69) is 41.5 Å². The minimum atomic E-state index is -0.448. The molecule has 1 aliphatic rings. The van der Waals surface area contributed by atoms with Gasteiger partial charge in [0, 0.05) is 32.4 Å². The van der Waals surface area contributed by atoms with E-state index >= 15 is 0 Å². The van der Waals surface area contributed by atoms with Crippen LogP contribution in [0, 0.1) is 5.82 Å². The molecule has 8 nitrogen and oxygen atoms in total. The number of hydrogen-bond donors (Lipinski definition) is 2. The smallest absolute Gasteiger partial charge is 0.224 e. The molecule has 4 aromatic rings. The molecule has 2 N–H and O–H groups in total. The normalized spacial score (nSPS) is 14.7. The fourth-order valence-corrected chi connectivity index (χ4v) is 4.11. The predicted octanol–water partition coefficient (Wildman–Crippen LogP) is 4.38. The quantitative estimate of drug-likeness (QED) is 0.465. The fourth-order valence-electron chi connectivity index (χ4n) is 3.90. The Balaban J connectivity index is 1.30. The number of anilines is 4. The molecule has 0 atom stereocenters. The Morgan fingerprint density at radius 3 is 2.69 bits per heavy atom. The summed E-state index contributed by atoms with van der Waals surface area (Å²) in [6.45, 7) is 1.88. The predicted molar refractivity (Wildman–Crippen MR) is 124 cm³/mol.